The Morgan fingerprint density at radius 3 is 2.61 bits per heavy atom. The van der Waals surface area contributed by atoms with Gasteiger partial charge in [0.15, 0.2) is 0 Å². The number of halogens is 1. The lowest BCUT2D eigenvalue weighted by molar-refractivity contribution is -0.129. The molecule has 0 aromatic heterocycles. The molecule has 18 heavy (non-hydrogen) atoms. The zero-order valence-electron chi connectivity index (χ0n) is 10.7. The van der Waals surface area contributed by atoms with Crippen LogP contribution in [0.2, 0.25) is 5.02 Å². The average Bonchev–Trinajstić information content (AvgIpc) is 2.61. The van der Waals surface area contributed by atoms with E-state index >= 15 is 0 Å². The van der Waals surface area contributed by atoms with E-state index in [0.29, 0.717) is 23.9 Å². The summed E-state index contributed by atoms with van der Waals surface area (Å²) in [6, 6.07) is 7.50. The van der Waals surface area contributed by atoms with Gasteiger partial charge < -0.3 is 0 Å². The van der Waals surface area contributed by atoms with Gasteiger partial charge in [-0.05, 0) is 30.0 Å². The van der Waals surface area contributed by atoms with Gasteiger partial charge in [0, 0.05) is 10.7 Å². The molecule has 1 heterocycles. The minimum atomic E-state index is 0.0839. The first-order chi connectivity index (χ1) is 8.54. The third kappa shape index (κ3) is 3.33. The lowest BCUT2D eigenvalue weighted by Gasteiger charge is -2.11. The second-order valence-corrected chi connectivity index (χ2v) is 5.46. The number of hydrogen-bond acceptors (Lipinski definition) is 2. The Balaban J connectivity index is 2.03. The van der Waals surface area contributed by atoms with Crippen LogP contribution in [0.15, 0.2) is 29.4 Å². The number of amides is 1. The molecule has 0 spiro atoms. The summed E-state index contributed by atoms with van der Waals surface area (Å²) in [5.41, 5.74) is 2.03. The van der Waals surface area contributed by atoms with Crippen molar-refractivity contribution < 1.29 is 4.79 Å². The summed E-state index contributed by atoms with van der Waals surface area (Å²) in [5, 5.41) is 6.66. The molecule has 0 fully saturated rings. The highest BCUT2D eigenvalue weighted by Crippen LogP contribution is 2.18. The molecule has 2 rings (SSSR count). The monoisotopic (exact) mass is 264 g/mol. The van der Waals surface area contributed by atoms with Gasteiger partial charge in [-0.2, -0.15) is 5.10 Å². The second-order valence-electron chi connectivity index (χ2n) is 5.02. The number of carbonyl (C=O) groups is 1. The molecule has 1 aliphatic rings. The fourth-order valence-electron chi connectivity index (χ4n) is 2.00. The van der Waals surface area contributed by atoms with Crippen LogP contribution in [0.25, 0.3) is 0 Å². The van der Waals surface area contributed by atoms with Gasteiger partial charge in [0.2, 0.25) is 5.91 Å². The van der Waals surface area contributed by atoms with Gasteiger partial charge >= 0.3 is 0 Å². The molecule has 96 valence electrons. The predicted molar refractivity (Wildman–Crippen MR) is 73.5 cm³/mol. The molecule has 0 aliphatic carbocycles. The SMILES string of the molecule is CC(C)CC1=NN(Cc2ccc(Cl)cc2)C(=O)C1. The Bertz CT molecular complexity index is 465. The van der Waals surface area contributed by atoms with Crippen molar-refractivity contribution in [2.75, 3.05) is 0 Å². The van der Waals surface area contributed by atoms with Crippen LogP contribution in [0, 0.1) is 5.92 Å². The molecule has 4 heteroatoms. The molecule has 0 radical (unpaired) electrons. The van der Waals surface area contributed by atoms with Crippen LogP contribution < -0.4 is 0 Å². The number of benzene rings is 1. The van der Waals surface area contributed by atoms with Crippen molar-refractivity contribution in [1.29, 1.82) is 0 Å². The van der Waals surface area contributed by atoms with E-state index in [0.717, 1.165) is 17.7 Å². The third-order valence-corrected chi connectivity index (χ3v) is 3.05. The first kappa shape index (κ1) is 13.1. The molecule has 0 bridgehead atoms. The Morgan fingerprint density at radius 2 is 2.00 bits per heavy atom. The van der Waals surface area contributed by atoms with E-state index in [1.807, 2.05) is 24.3 Å². The van der Waals surface area contributed by atoms with E-state index in [1.165, 1.54) is 0 Å². The van der Waals surface area contributed by atoms with Gasteiger partial charge in [-0.3, -0.25) is 4.79 Å². The second kappa shape index (κ2) is 5.53. The van der Waals surface area contributed by atoms with Gasteiger partial charge in [0.25, 0.3) is 0 Å². The highest BCUT2D eigenvalue weighted by molar-refractivity contribution is 6.30. The molecule has 0 N–H and O–H groups in total. The summed E-state index contributed by atoms with van der Waals surface area (Å²) in [6.45, 7) is 4.79. The Morgan fingerprint density at radius 1 is 1.33 bits per heavy atom. The number of hydrogen-bond donors (Lipinski definition) is 0. The van der Waals surface area contributed by atoms with Gasteiger partial charge in [-0.1, -0.05) is 37.6 Å². The predicted octanol–water partition coefficient (Wildman–Crippen LogP) is 3.47. The number of nitrogens with zero attached hydrogens (tertiary/aromatic N) is 2. The summed E-state index contributed by atoms with van der Waals surface area (Å²) < 4.78 is 0. The van der Waals surface area contributed by atoms with E-state index in [2.05, 4.69) is 18.9 Å². The maximum absolute atomic E-state index is 11.8. The summed E-state index contributed by atoms with van der Waals surface area (Å²) in [4.78, 5) is 11.8. The van der Waals surface area contributed by atoms with Crippen molar-refractivity contribution in [3.63, 3.8) is 0 Å². The molecule has 0 saturated carbocycles. The molecule has 0 atom stereocenters. The molecule has 1 amide bonds. The van der Waals surface area contributed by atoms with Crippen molar-refractivity contribution in [2.45, 2.75) is 33.2 Å². The normalized spacial score (nSPS) is 15.4. The molecule has 0 unspecified atom stereocenters. The van der Waals surface area contributed by atoms with E-state index < -0.39 is 0 Å². The van der Waals surface area contributed by atoms with E-state index in [9.17, 15) is 4.79 Å². The first-order valence-electron chi connectivity index (χ1n) is 6.16. The lowest BCUT2D eigenvalue weighted by atomic mass is 10.1. The summed E-state index contributed by atoms with van der Waals surface area (Å²) in [6.07, 6.45) is 1.36. The van der Waals surface area contributed by atoms with Gasteiger partial charge in [-0.15, -0.1) is 0 Å². The average molecular weight is 265 g/mol. The fourth-order valence-corrected chi connectivity index (χ4v) is 2.12. The van der Waals surface area contributed by atoms with Crippen LogP contribution in [0.3, 0.4) is 0 Å². The molecule has 1 aromatic carbocycles. The molecule has 1 aromatic rings. The van der Waals surface area contributed by atoms with Crippen LogP contribution in [-0.4, -0.2) is 16.6 Å². The third-order valence-electron chi connectivity index (χ3n) is 2.79. The Labute approximate surface area is 112 Å². The Kier molecular flexibility index (Phi) is 4.02. The molecule has 0 saturated heterocycles. The zero-order chi connectivity index (χ0) is 13.1. The number of rotatable bonds is 4. The molecular weight excluding hydrogens is 248 g/mol. The maximum atomic E-state index is 11.8. The standard InChI is InChI=1S/C14H17ClN2O/c1-10(2)7-13-8-14(18)17(16-13)9-11-3-5-12(15)6-4-11/h3-6,10H,7-9H2,1-2H3. The van der Waals surface area contributed by atoms with Gasteiger partial charge in [-0.25, -0.2) is 5.01 Å². The summed E-state index contributed by atoms with van der Waals surface area (Å²) in [7, 11) is 0. The first-order valence-corrected chi connectivity index (χ1v) is 6.53. The van der Waals surface area contributed by atoms with Gasteiger partial charge in [0.05, 0.1) is 13.0 Å². The van der Waals surface area contributed by atoms with E-state index in [1.54, 1.807) is 5.01 Å². The van der Waals surface area contributed by atoms with Gasteiger partial charge in [0.1, 0.15) is 0 Å². The van der Waals surface area contributed by atoms with Crippen molar-refractivity contribution >= 4 is 23.2 Å². The highest BCUT2D eigenvalue weighted by atomic mass is 35.5. The van der Waals surface area contributed by atoms with Crippen molar-refractivity contribution in [2.24, 2.45) is 11.0 Å². The minimum absolute atomic E-state index is 0.0839. The fraction of sp³-hybridized carbons (Fsp3) is 0.429. The maximum Gasteiger partial charge on any atom is 0.248 e. The highest BCUT2D eigenvalue weighted by Gasteiger charge is 2.23. The van der Waals surface area contributed by atoms with E-state index in [-0.39, 0.29) is 5.91 Å². The van der Waals surface area contributed by atoms with E-state index in [4.69, 9.17) is 11.6 Å². The summed E-state index contributed by atoms with van der Waals surface area (Å²) >= 11 is 5.83. The Hall–Kier alpha value is -1.35. The van der Waals surface area contributed by atoms with Crippen molar-refractivity contribution in [3.05, 3.63) is 34.9 Å². The quantitative estimate of drug-likeness (QED) is 0.820. The summed E-state index contributed by atoms with van der Waals surface area (Å²) in [5.74, 6) is 0.618. The number of carbonyl (C=O) groups excluding carboxylic acids is 1. The van der Waals surface area contributed by atoms with Crippen LogP contribution in [-0.2, 0) is 11.3 Å². The van der Waals surface area contributed by atoms with Crippen molar-refractivity contribution in [3.8, 4) is 0 Å². The van der Waals surface area contributed by atoms with Crippen LogP contribution in [0.5, 0.6) is 0 Å². The van der Waals surface area contributed by atoms with Crippen molar-refractivity contribution in [1.82, 2.24) is 5.01 Å². The number of hydrazone groups is 1. The largest absolute Gasteiger partial charge is 0.273 e. The lowest BCUT2D eigenvalue weighted by Crippen LogP contribution is -2.19. The molecule has 1 aliphatic heterocycles. The smallest absolute Gasteiger partial charge is 0.248 e. The topological polar surface area (TPSA) is 32.7 Å². The van der Waals surface area contributed by atoms with Crippen LogP contribution >= 0.6 is 11.6 Å². The van der Waals surface area contributed by atoms with Crippen LogP contribution in [0.1, 0.15) is 32.3 Å². The molecule has 3 nitrogen and oxygen atoms in total. The molecular formula is C14H17ClN2O. The van der Waals surface area contributed by atoms with Crippen LogP contribution in [0.4, 0.5) is 0 Å². The zero-order valence-corrected chi connectivity index (χ0v) is 11.4. The minimum Gasteiger partial charge on any atom is -0.273 e.